The molecule has 0 spiro atoms. The molecular weight excluding hydrogens is 212 g/mol. The summed E-state index contributed by atoms with van der Waals surface area (Å²) < 4.78 is 0. The number of nitrogens with zero attached hydrogens (tertiary/aromatic N) is 1. The molecule has 1 amide bonds. The van der Waals surface area contributed by atoms with Crippen LogP contribution in [0.4, 0.5) is 0 Å². The number of aliphatic imine (C=N–C) groups is 1. The van der Waals surface area contributed by atoms with Gasteiger partial charge in [0, 0.05) is 19.5 Å². The highest BCUT2D eigenvalue weighted by atomic mass is 16.1. The van der Waals surface area contributed by atoms with Gasteiger partial charge in [0.1, 0.15) is 5.84 Å². The molecule has 1 aromatic rings. The predicted molar refractivity (Wildman–Crippen MR) is 70.8 cm³/mol. The van der Waals surface area contributed by atoms with Gasteiger partial charge >= 0.3 is 0 Å². The molecule has 0 saturated carbocycles. The summed E-state index contributed by atoms with van der Waals surface area (Å²) in [4.78, 5) is 15.0. The van der Waals surface area contributed by atoms with Crippen LogP contribution in [0.2, 0.25) is 0 Å². The Morgan fingerprint density at radius 2 is 2.06 bits per heavy atom. The summed E-state index contributed by atoms with van der Waals surface area (Å²) in [7, 11) is 0. The van der Waals surface area contributed by atoms with E-state index >= 15 is 0 Å². The van der Waals surface area contributed by atoms with Gasteiger partial charge in [-0.3, -0.25) is 4.79 Å². The summed E-state index contributed by atoms with van der Waals surface area (Å²) in [6, 6.07) is 10.3. The molecule has 0 saturated heterocycles. The van der Waals surface area contributed by atoms with Crippen LogP contribution in [-0.2, 0) is 11.2 Å². The lowest BCUT2D eigenvalue weighted by molar-refractivity contribution is -0.117. The fraction of sp³-hybridized carbons (Fsp3) is 0.286. The fourth-order valence-electron chi connectivity index (χ4n) is 1.72. The normalized spacial score (nSPS) is 13.5. The molecule has 0 bridgehead atoms. The van der Waals surface area contributed by atoms with Crippen LogP contribution < -0.4 is 5.32 Å². The van der Waals surface area contributed by atoms with Crippen LogP contribution in [0.5, 0.6) is 0 Å². The fourth-order valence-corrected chi connectivity index (χ4v) is 1.72. The quantitative estimate of drug-likeness (QED) is 0.833. The lowest BCUT2D eigenvalue weighted by Crippen LogP contribution is -2.26. The topological polar surface area (TPSA) is 41.5 Å². The Labute approximate surface area is 102 Å². The van der Waals surface area contributed by atoms with Crippen LogP contribution in [0.1, 0.15) is 26.3 Å². The van der Waals surface area contributed by atoms with E-state index < -0.39 is 0 Å². The van der Waals surface area contributed by atoms with Crippen molar-refractivity contribution in [2.75, 3.05) is 0 Å². The molecule has 0 fully saturated rings. The third-order valence-corrected chi connectivity index (χ3v) is 2.39. The molecule has 90 valence electrons. The van der Waals surface area contributed by atoms with E-state index in [1.165, 1.54) is 18.1 Å². The number of carbonyl (C=O) groups is 1. The first-order valence-electron chi connectivity index (χ1n) is 5.30. The van der Waals surface area contributed by atoms with Gasteiger partial charge in [0.25, 0.3) is 0 Å². The summed E-state index contributed by atoms with van der Waals surface area (Å²) in [6.45, 7) is 1.50. The Hall–Kier alpha value is -1.90. The van der Waals surface area contributed by atoms with Crippen molar-refractivity contribution in [2.24, 2.45) is 4.99 Å². The van der Waals surface area contributed by atoms with Gasteiger partial charge in [0.05, 0.1) is 0 Å². The first-order valence-corrected chi connectivity index (χ1v) is 5.30. The zero-order valence-corrected chi connectivity index (χ0v) is 9.23. The Morgan fingerprint density at radius 3 is 2.71 bits per heavy atom. The van der Waals surface area contributed by atoms with Crippen molar-refractivity contribution >= 4 is 11.7 Å². The van der Waals surface area contributed by atoms with Crippen LogP contribution in [0, 0.1) is 0 Å². The van der Waals surface area contributed by atoms with Gasteiger partial charge in [-0.15, -0.1) is 0 Å². The van der Waals surface area contributed by atoms with Crippen molar-refractivity contribution in [3.05, 3.63) is 47.7 Å². The number of hydrogen-bond donors (Lipinski definition) is 1. The Morgan fingerprint density at radius 1 is 1.35 bits per heavy atom. The molecule has 1 aliphatic heterocycles. The van der Waals surface area contributed by atoms with Crippen molar-refractivity contribution in [1.29, 1.82) is 0 Å². The van der Waals surface area contributed by atoms with Crippen LogP contribution in [0.25, 0.3) is 0 Å². The lowest BCUT2D eigenvalue weighted by atomic mass is 10.0. The maximum Gasteiger partial charge on any atom is 0.222 e. The van der Waals surface area contributed by atoms with Crippen molar-refractivity contribution < 1.29 is 4.79 Å². The number of carbonyl (C=O) groups excluding carboxylic acids is 1. The van der Waals surface area contributed by atoms with Gasteiger partial charge in [-0.25, -0.2) is 4.99 Å². The largest absolute Gasteiger partial charge is 0.314 e. The third kappa shape index (κ3) is 3.87. The molecule has 2 rings (SSSR count). The molecule has 1 aliphatic rings. The van der Waals surface area contributed by atoms with Crippen LogP contribution in [0.15, 0.2) is 47.1 Å². The third-order valence-electron chi connectivity index (χ3n) is 2.39. The minimum Gasteiger partial charge on any atom is -0.314 e. The smallest absolute Gasteiger partial charge is 0.222 e. The minimum absolute atomic E-state index is 0. The van der Waals surface area contributed by atoms with Crippen LogP contribution in [0.3, 0.4) is 0 Å². The summed E-state index contributed by atoms with van der Waals surface area (Å²) in [5, 5.41) is 2.72. The summed E-state index contributed by atoms with van der Waals surface area (Å²) >= 11 is 0. The van der Waals surface area contributed by atoms with Gasteiger partial charge in [-0.2, -0.15) is 0 Å². The van der Waals surface area contributed by atoms with E-state index in [1.807, 2.05) is 24.4 Å². The minimum atomic E-state index is -0.0619. The highest BCUT2D eigenvalue weighted by molar-refractivity contribution is 5.99. The molecule has 17 heavy (non-hydrogen) atoms. The van der Waals surface area contributed by atoms with E-state index in [-0.39, 0.29) is 13.3 Å². The Kier molecular flexibility index (Phi) is 4.64. The van der Waals surface area contributed by atoms with Crippen molar-refractivity contribution in [2.45, 2.75) is 27.2 Å². The number of hydrogen-bond acceptors (Lipinski definition) is 2. The summed E-state index contributed by atoms with van der Waals surface area (Å²) in [6.07, 6.45) is 3.49. The van der Waals surface area contributed by atoms with E-state index in [0.717, 1.165) is 18.7 Å². The molecular formula is C14H18N2O. The highest BCUT2D eigenvalue weighted by Crippen LogP contribution is 2.16. The van der Waals surface area contributed by atoms with E-state index in [1.54, 1.807) is 0 Å². The molecule has 3 nitrogen and oxygen atoms in total. The van der Waals surface area contributed by atoms with Gasteiger partial charge in [-0.1, -0.05) is 37.8 Å². The lowest BCUT2D eigenvalue weighted by Gasteiger charge is -2.03. The van der Waals surface area contributed by atoms with E-state index in [9.17, 15) is 4.79 Å². The van der Waals surface area contributed by atoms with E-state index in [4.69, 9.17) is 0 Å². The molecule has 0 atom stereocenters. The molecule has 1 aromatic carbocycles. The first kappa shape index (κ1) is 13.2. The monoisotopic (exact) mass is 230 g/mol. The van der Waals surface area contributed by atoms with Crippen LogP contribution in [-0.4, -0.2) is 11.7 Å². The van der Waals surface area contributed by atoms with Crippen molar-refractivity contribution in [1.82, 2.24) is 5.32 Å². The second-order valence-electron chi connectivity index (χ2n) is 3.88. The Bertz CT molecular complexity index is 447. The van der Waals surface area contributed by atoms with E-state index in [2.05, 4.69) is 22.4 Å². The number of nitrogens with one attached hydrogen (secondary N) is 1. The number of benzene rings is 1. The SMILES string of the molecule is C.CC(=O)NC1=NC=C(Cc2ccccc2)C1. The van der Waals surface area contributed by atoms with Crippen molar-refractivity contribution in [3.8, 4) is 0 Å². The molecule has 0 aliphatic carbocycles. The molecule has 1 N–H and O–H groups in total. The van der Waals surface area contributed by atoms with Gasteiger partial charge in [0.15, 0.2) is 0 Å². The average molecular weight is 230 g/mol. The number of rotatable bonds is 2. The predicted octanol–water partition coefficient (Wildman–Crippen LogP) is 2.69. The molecule has 0 unspecified atom stereocenters. The molecule has 0 radical (unpaired) electrons. The number of amidine groups is 1. The second kappa shape index (κ2) is 5.99. The van der Waals surface area contributed by atoms with Crippen molar-refractivity contribution in [3.63, 3.8) is 0 Å². The maximum atomic E-state index is 10.8. The summed E-state index contributed by atoms with van der Waals surface area (Å²) in [5.41, 5.74) is 2.50. The maximum absolute atomic E-state index is 10.8. The van der Waals surface area contributed by atoms with E-state index in [0.29, 0.717) is 0 Å². The zero-order chi connectivity index (χ0) is 11.4. The number of amides is 1. The van der Waals surface area contributed by atoms with Gasteiger partial charge in [0.2, 0.25) is 5.91 Å². The Balaban J connectivity index is 0.00000144. The average Bonchev–Trinajstić information content (AvgIpc) is 2.66. The van der Waals surface area contributed by atoms with Gasteiger partial charge < -0.3 is 5.32 Å². The zero-order valence-electron chi connectivity index (χ0n) is 9.23. The first-order chi connectivity index (χ1) is 7.74. The molecule has 3 heteroatoms. The van der Waals surface area contributed by atoms with Crippen LogP contribution >= 0.6 is 0 Å². The molecule has 1 heterocycles. The molecule has 0 aromatic heterocycles. The standard InChI is InChI=1S/C13H14N2O.CH4/c1-10(16)15-13-8-12(9-14-13)7-11-5-3-2-4-6-11;/h2-6,9H,7-8H2,1H3,(H,14,15,16);1H4. The highest BCUT2D eigenvalue weighted by Gasteiger charge is 2.11. The summed E-state index contributed by atoms with van der Waals surface area (Å²) in [5.74, 6) is 0.687. The van der Waals surface area contributed by atoms with Gasteiger partial charge in [-0.05, 0) is 17.6 Å². The second-order valence-corrected chi connectivity index (χ2v) is 3.88.